The SMILES string of the molecule is O=C(CN1CCC(CO)CC1)Nc1ccncc1. The Morgan fingerprint density at radius 2 is 2.06 bits per heavy atom. The van der Waals surface area contributed by atoms with E-state index >= 15 is 0 Å². The molecule has 2 rings (SSSR count). The maximum absolute atomic E-state index is 11.8. The Labute approximate surface area is 107 Å². The number of pyridine rings is 1. The number of amides is 1. The molecule has 98 valence electrons. The molecule has 0 unspecified atom stereocenters. The molecule has 0 saturated carbocycles. The first-order chi connectivity index (χ1) is 8.78. The second-order valence-electron chi connectivity index (χ2n) is 4.69. The van der Waals surface area contributed by atoms with E-state index in [1.807, 2.05) is 0 Å². The monoisotopic (exact) mass is 249 g/mol. The number of anilines is 1. The zero-order valence-corrected chi connectivity index (χ0v) is 10.4. The molecule has 0 atom stereocenters. The number of nitrogens with one attached hydrogen (secondary N) is 1. The number of nitrogens with zero attached hydrogens (tertiary/aromatic N) is 2. The van der Waals surface area contributed by atoms with Crippen LogP contribution in [0, 0.1) is 5.92 Å². The minimum atomic E-state index is 0.00338. The molecule has 0 radical (unpaired) electrons. The van der Waals surface area contributed by atoms with Gasteiger partial charge in [-0.2, -0.15) is 0 Å². The highest BCUT2D eigenvalue weighted by atomic mass is 16.3. The molecule has 2 N–H and O–H groups in total. The lowest BCUT2D eigenvalue weighted by Gasteiger charge is -2.30. The van der Waals surface area contributed by atoms with Crippen molar-refractivity contribution in [2.45, 2.75) is 12.8 Å². The first-order valence-corrected chi connectivity index (χ1v) is 6.31. The number of likely N-dealkylation sites (tertiary alicyclic amines) is 1. The van der Waals surface area contributed by atoms with Crippen LogP contribution >= 0.6 is 0 Å². The largest absolute Gasteiger partial charge is 0.396 e. The van der Waals surface area contributed by atoms with Crippen molar-refractivity contribution in [1.29, 1.82) is 0 Å². The molecule has 0 bridgehead atoms. The highest BCUT2D eigenvalue weighted by molar-refractivity contribution is 5.92. The molecule has 5 heteroatoms. The van der Waals surface area contributed by atoms with Crippen molar-refractivity contribution in [3.05, 3.63) is 24.5 Å². The van der Waals surface area contributed by atoms with E-state index in [0.717, 1.165) is 31.6 Å². The predicted molar refractivity (Wildman–Crippen MR) is 69.1 cm³/mol. The minimum absolute atomic E-state index is 0.00338. The van der Waals surface area contributed by atoms with Crippen LogP contribution in [0.5, 0.6) is 0 Å². The number of carbonyl (C=O) groups is 1. The minimum Gasteiger partial charge on any atom is -0.396 e. The number of carbonyl (C=O) groups excluding carboxylic acids is 1. The van der Waals surface area contributed by atoms with Crippen LogP contribution in [-0.4, -0.2) is 47.1 Å². The smallest absolute Gasteiger partial charge is 0.238 e. The molecule has 0 spiro atoms. The predicted octanol–water partition coefficient (Wildman–Crippen LogP) is 0.724. The fourth-order valence-corrected chi connectivity index (χ4v) is 2.17. The summed E-state index contributed by atoms with van der Waals surface area (Å²) in [6.45, 7) is 2.45. The molecule has 18 heavy (non-hydrogen) atoms. The Morgan fingerprint density at radius 1 is 1.39 bits per heavy atom. The summed E-state index contributed by atoms with van der Waals surface area (Å²) in [6.07, 6.45) is 5.25. The highest BCUT2D eigenvalue weighted by Gasteiger charge is 2.20. The number of hydrogen-bond donors (Lipinski definition) is 2. The number of hydrogen-bond acceptors (Lipinski definition) is 4. The highest BCUT2D eigenvalue weighted by Crippen LogP contribution is 2.16. The Balaban J connectivity index is 1.75. The lowest BCUT2D eigenvalue weighted by molar-refractivity contribution is -0.117. The van der Waals surface area contributed by atoms with Gasteiger partial charge in [0.15, 0.2) is 0 Å². The topological polar surface area (TPSA) is 65.5 Å². The standard InChI is InChI=1S/C13H19N3O2/c17-10-11-3-7-16(8-4-11)9-13(18)15-12-1-5-14-6-2-12/h1-2,5-6,11,17H,3-4,7-10H2,(H,14,15,18). The van der Waals surface area contributed by atoms with Gasteiger partial charge in [-0.1, -0.05) is 0 Å². The zero-order valence-electron chi connectivity index (χ0n) is 10.4. The Bertz CT molecular complexity index is 375. The molecule has 1 aliphatic heterocycles. The molecule has 0 aromatic carbocycles. The van der Waals surface area contributed by atoms with Crippen LogP contribution in [0.4, 0.5) is 5.69 Å². The van der Waals surface area contributed by atoms with Crippen molar-refractivity contribution in [3.8, 4) is 0 Å². The van der Waals surface area contributed by atoms with E-state index in [4.69, 9.17) is 5.11 Å². The molecule has 2 heterocycles. The number of aliphatic hydroxyl groups excluding tert-OH is 1. The second kappa shape index (κ2) is 6.47. The normalized spacial score (nSPS) is 17.6. The Hall–Kier alpha value is -1.46. The van der Waals surface area contributed by atoms with E-state index in [9.17, 15) is 4.79 Å². The lowest BCUT2D eigenvalue weighted by Crippen LogP contribution is -2.39. The van der Waals surface area contributed by atoms with Crippen LogP contribution in [0.3, 0.4) is 0 Å². The molecule has 1 saturated heterocycles. The average molecular weight is 249 g/mol. The van der Waals surface area contributed by atoms with E-state index in [-0.39, 0.29) is 12.5 Å². The van der Waals surface area contributed by atoms with Gasteiger partial charge in [0, 0.05) is 24.7 Å². The van der Waals surface area contributed by atoms with Crippen molar-refractivity contribution < 1.29 is 9.90 Å². The van der Waals surface area contributed by atoms with Gasteiger partial charge >= 0.3 is 0 Å². The fraction of sp³-hybridized carbons (Fsp3) is 0.538. The van der Waals surface area contributed by atoms with E-state index in [1.165, 1.54) is 0 Å². The van der Waals surface area contributed by atoms with Crippen molar-refractivity contribution in [2.75, 3.05) is 31.6 Å². The van der Waals surface area contributed by atoms with Crippen molar-refractivity contribution in [3.63, 3.8) is 0 Å². The Kier molecular flexibility index (Phi) is 4.66. The lowest BCUT2D eigenvalue weighted by atomic mass is 9.98. The van der Waals surface area contributed by atoms with Crippen LogP contribution in [0.1, 0.15) is 12.8 Å². The first kappa shape index (κ1) is 13.0. The van der Waals surface area contributed by atoms with Crippen LogP contribution < -0.4 is 5.32 Å². The molecule has 5 nitrogen and oxygen atoms in total. The number of rotatable bonds is 4. The zero-order chi connectivity index (χ0) is 12.8. The van der Waals surface area contributed by atoms with Crippen molar-refractivity contribution in [1.82, 2.24) is 9.88 Å². The summed E-state index contributed by atoms with van der Waals surface area (Å²) in [5, 5.41) is 11.9. The summed E-state index contributed by atoms with van der Waals surface area (Å²) in [7, 11) is 0. The van der Waals surface area contributed by atoms with E-state index < -0.39 is 0 Å². The third-order valence-electron chi connectivity index (χ3n) is 3.30. The van der Waals surface area contributed by atoms with Crippen LogP contribution in [0.15, 0.2) is 24.5 Å². The number of aliphatic hydroxyl groups is 1. The van der Waals surface area contributed by atoms with Gasteiger partial charge in [0.05, 0.1) is 6.54 Å². The van der Waals surface area contributed by atoms with Crippen molar-refractivity contribution >= 4 is 11.6 Å². The van der Waals surface area contributed by atoms with Gasteiger partial charge in [0.1, 0.15) is 0 Å². The van der Waals surface area contributed by atoms with Gasteiger partial charge in [0.2, 0.25) is 5.91 Å². The summed E-state index contributed by atoms with van der Waals surface area (Å²) in [4.78, 5) is 17.8. The fourth-order valence-electron chi connectivity index (χ4n) is 2.17. The molecule has 1 aromatic rings. The van der Waals surface area contributed by atoms with Gasteiger partial charge < -0.3 is 10.4 Å². The maximum atomic E-state index is 11.8. The molecular formula is C13H19N3O2. The summed E-state index contributed by atoms with van der Waals surface area (Å²) in [5.74, 6) is 0.410. The van der Waals surface area contributed by atoms with E-state index in [2.05, 4.69) is 15.2 Å². The summed E-state index contributed by atoms with van der Waals surface area (Å²) in [5.41, 5.74) is 0.778. The Morgan fingerprint density at radius 3 is 2.67 bits per heavy atom. The molecule has 1 aromatic heterocycles. The van der Waals surface area contributed by atoms with E-state index in [1.54, 1.807) is 24.5 Å². The average Bonchev–Trinajstić information content (AvgIpc) is 2.40. The summed E-state index contributed by atoms with van der Waals surface area (Å²) in [6, 6.07) is 3.55. The van der Waals surface area contributed by atoms with Crippen molar-refractivity contribution in [2.24, 2.45) is 5.92 Å². The first-order valence-electron chi connectivity index (χ1n) is 6.31. The van der Waals surface area contributed by atoms with Gasteiger partial charge in [-0.25, -0.2) is 0 Å². The van der Waals surface area contributed by atoms with Gasteiger partial charge in [-0.05, 0) is 44.0 Å². The molecule has 1 aliphatic rings. The van der Waals surface area contributed by atoms with E-state index in [0.29, 0.717) is 12.5 Å². The third-order valence-corrected chi connectivity index (χ3v) is 3.30. The maximum Gasteiger partial charge on any atom is 0.238 e. The second-order valence-corrected chi connectivity index (χ2v) is 4.69. The molecular weight excluding hydrogens is 230 g/mol. The molecule has 0 aliphatic carbocycles. The molecule has 1 fully saturated rings. The van der Waals surface area contributed by atoms with Crippen LogP contribution in [-0.2, 0) is 4.79 Å². The number of aromatic nitrogens is 1. The van der Waals surface area contributed by atoms with Gasteiger partial charge in [-0.15, -0.1) is 0 Å². The third kappa shape index (κ3) is 3.78. The summed E-state index contributed by atoms with van der Waals surface area (Å²) >= 11 is 0. The van der Waals surface area contributed by atoms with Crippen LogP contribution in [0.25, 0.3) is 0 Å². The number of piperidine rings is 1. The molecule has 1 amide bonds. The van der Waals surface area contributed by atoms with Crippen LogP contribution in [0.2, 0.25) is 0 Å². The van der Waals surface area contributed by atoms with Gasteiger partial charge in [0.25, 0.3) is 0 Å². The summed E-state index contributed by atoms with van der Waals surface area (Å²) < 4.78 is 0. The van der Waals surface area contributed by atoms with Gasteiger partial charge in [-0.3, -0.25) is 14.7 Å². The quantitative estimate of drug-likeness (QED) is 0.825.